The molecule has 0 N–H and O–H groups in total. The van der Waals surface area contributed by atoms with Gasteiger partial charge in [0, 0.05) is 13.1 Å². The van der Waals surface area contributed by atoms with Gasteiger partial charge < -0.3 is 9.64 Å². The molecule has 102 valence electrons. The van der Waals surface area contributed by atoms with Crippen molar-refractivity contribution in [3.8, 4) is 6.07 Å². The summed E-state index contributed by atoms with van der Waals surface area (Å²) in [6.07, 6.45) is 0. The molecule has 1 fully saturated rings. The van der Waals surface area contributed by atoms with Crippen LogP contribution in [0.25, 0.3) is 0 Å². The van der Waals surface area contributed by atoms with E-state index >= 15 is 0 Å². The van der Waals surface area contributed by atoms with Gasteiger partial charge in [0.15, 0.2) is 0 Å². The van der Waals surface area contributed by atoms with Gasteiger partial charge in [0.25, 0.3) is 0 Å². The van der Waals surface area contributed by atoms with E-state index < -0.39 is 0 Å². The van der Waals surface area contributed by atoms with E-state index in [1.54, 1.807) is 12.1 Å². The second-order valence-corrected chi connectivity index (χ2v) is 6.26. The van der Waals surface area contributed by atoms with Crippen molar-refractivity contribution in [3.63, 3.8) is 0 Å². The molecule has 0 spiro atoms. The van der Waals surface area contributed by atoms with Crippen molar-refractivity contribution in [3.05, 3.63) is 29.6 Å². The monoisotopic (exact) mass is 262 g/mol. The van der Waals surface area contributed by atoms with Crippen LogP contribution in [0.15, 0.2) is 18.2 Å². The maximum Gasteiger partial charge on any atom is 0.147 e. The first-order chi connectivity index (χ1) is 8.72. The molecule has 1 saturated heterocycles. The minimum atomic E-state index is -0.354. The van der Waals surface area contributed by atoms with Crippen molar-refractivity contribution in [2.24, 2.45) is 0 Å². The number of nitrogens with zero attached hydrogens (tertiary/aromatic N) is 2. The first-order valence-electron chi connectivity index (χ1n) is 6.37. The molecule has 1 aliphatic rings. The van der Waals surface area contributed by atoms with E-state index in [1.807, 2.05) is 38.7 Å². The Balaban J connectivity index is 2.34. The summed E-state index contributed by atoms with van der Waals surface area (Å²) in [7, 11) is 0. The zero-order chi connectivity index (χ0) is 14.3. The van der Waals surface area contributed by atoms with Crippen LogP contribution in [0.5, 0.6) is 0 Å². The lowest BCUT2D eigenvalue weighted by Crippen LogP contribution is -2.57. The third-order valence-corrected chi connectivity index (χ3v) is 3.11. The minimum Gasteiger partial charge on any atom is -0.366 e. The number of halogens is 1. The molecule has 1 aliphatic heterocycles. The molecule has 0 saturated carbocycles. The van der Waals surface area contributed by atoms with Gasteiger partial charge in [-0.1, -0.05) is 0 Å². The maximum absolute atomic E-state index is 14.1. The fourth-order valence-corrected chi connectivity index (χ4v) is 2.79. The first kappa shape index (κ1) is 13.8. The van der Waals surface area contributed by atoms with Gasteiger partial charge >= 0.3 is 0 Å². The van der Waals surface area contributed by atoms with Crippen molar-refractivity contribution >= 4 is 5.69 Å². The van der Waals surface area contributed by atoms with Crippen LogP contribution >= 0.6 is 0 Å². The van der Waals surface area contributed by atoms with Crippen molar-refractivity contribution < 1.29 is 9.13 Å². The van der Waals surface area contributed by atoms with Crippen LogP contribution < -0.4 is 4.90 Å². The lowest BCUT2D eigenvalue weighted by Gasteiger charge is -2.48. The number of hydrogen-bond acceptors (Lipinski definition) is 3. The van der Waals surface area contributed by atoms with Crippen LogP contribution in [0, 0.1) is 17.1 Å². The van der Waals surface area contributed by atoms with E-state index in [0.29, 0.717) is 24.3 Å². The van der Waals surface area contributed by atoms with Gasteiger partial charge in [0.05, 0.1) is 28.5 Å². The Morgan fingerprint density at radius 1 is 1.21 bits per heavy atom. The quantitative estimate of drug-likeness (QED) is 0.780. The number of ether oxygens (including phenoxy) is 1. The van der Waals surface area contributed by atoms with Gasteiger partial charge in [-0.15, -0.1) is 0 Å². The molecule has 0 unspecified atom stereocenters. The Morgan fingerprint density at radius 3 is 2.26 bits per heavy atom. The molecule has 19 heavy (non-hydrogen) atoms. The van der Waals surface area contributed by atoms with Gasteiger partial charge in [0.2, 0.25) is 0 Å². The van der Waals surface area contributed by atoms with Crippen molar-refractivity contribution in [1.29, 1.82) is 5.26 Å². The summed E-state index contributed by atoms with van der Waals surface area (Å²) >= 11 is 0. The van der Waals surface area contributed by atoms with Gasteiger partial charge in [-0.2, -0.15) is 5.26 Å². The third-order valence-electron chi connectivity index (χ3n) is 3.11. The number of hydrogen-bond donors (Lipinski definition) is 0. The van der Waals surface area contributed by atoms with E-state index in [4.69, 9.17) is 10.00 Å². The molecule has 1 aromatic carbocycles. The van der Waals surface area contributed by atoms with Crippen LogP contribution in [0.1, 0.15) is 33.3 Å². The standard InChI is InChI=1S/C15H19FN2O/c1-14(2)9-18(10-15(3,4)19-14)13-6-5-11(8-17)7-12(13)16/h5-7H,9-10H2,1-4H3. The highest BCUT2D eigenvalue weighted by molar-refractivity contribution is 5.52. The highest BCUT2D eigenvalue weighted by atomic mass is 19.1. The summed E-state index contributed by atoms with van der Waals surface area (Å²) in [5.41, 5.74) is 0.209. The zero-order valence-corrected chi connectivity index (χ0v) is 11.8. The van der Waals surface area contributed by atoms with Gasteiger partial charge in [-0.25, -0.2) is 4.39 Å². The normalized spacial score (nSPS) is 20.9. The molecular weight excluding hydrogens is 243 g/mol. The second-order valence-electron chi connectivity index (χ2n) is 6.26. The first-order valence-corrected chi connectivity index (χ1v) is 6.37. The molecule has 0 radical (unpaired) electrons. The molecule has 2 rings (SSSR count). The summed E-state index contributed by atoms with van der Waals surface area (Å²) in [6, 6.07) is 6.55. The summed E-state index contributed by atoms with van der Waals surface area (Å²) < 4.78 is 20.1. The van der Waals surface area contributed by atoms with Crippen LogP contribution in [0.2, 0.25) is 0 Å². The number of morpholine rings is 1. The Bertz CT molecular complexity index is 515. The fourth-order valence-electron chi connectivity index (χ4n) is 2.79. The van der Waals surface area contributed by atoms with E-state index in [9.17, 15) is 4.39 Å². The average Bonchev–Trinajstić information content (AvgIpc) is 2.24. The Hall–Kier alpha value is -1.60. The minimum absolute atomic E-state index is 0.331. The molecular formula is C15H19FN2O. The molecule has 1 aromatic rings. The molecule has 3 nitrogen and oxygen atoms in total. The molecule has 0 amide bonds. The van der Waals surface area contributed by atoms with Crippen LogP contribution in [-0.4, -0.2) is 24.3 Å². The second kappa shape index (κ2) is 4.50. The predicted octanol–water partition coefficient (Wildman–Crippen LogP) is 3.09. The topological polar surface area (TPSA) is 36.3 Å². The maximum atomic E-state index is 14.1. The summed E-state index contributed by atoms with van der Waals surface area (Å²) in [5.74, 6) is -0.354. The Morgan fingerprint density at radius 2 is 1.79 bits per heavy atom. The van der Waals surface area contributed by atoms with Gasteiger partial charge in [-0.05, 0) is 45.9 Å². The number of nitriles is 1. The van der Waals surface area contributed by atoms with E-state index in [0.717, 1.165) is 0 Å². The van der Waals surface area contributed by atoms with Gasteiger partial charge in [0.1, 0.15) is 5.82 Å². The predicted molar refractivity (Wildman–Crippen MR) is 72.6 cm³/mol. The van der Waals surface area contributed by atoms with E-state index in [2.05, 4.69) is 0 Å². The van der Waals surface area contributed by atoms with Crippen LogP contribution in [-0.2, 0) is 4.74 Å². The smallest absolute Gasteiger partial charge is 0.147 e. The molecule has 0 aliphatic carbocycles. The Kier molecular flexibility index (Phi) is 3.27. The number of benzene rings is 1. The summed E-state index contributed by atoms with van der Waals surface area (Å²) in [6.45, 7) is 9.26. The highest BCUT2D eigenvalue weighted by Gasteiger charge is 2.38. The largest absolute Gasteiger partial charge is 0.366 e. The fraction of sp³-hybridized carbons (Fsp3) is 0.533. The molecule has 4 heteroatoms. The number of rotatable bonds is 1. The van der Waals surface area contributed by atoms with Crippen LogP contribution in [0.4, 0.5) is 10.1 Å². The summed E-state index contributed by atoms with van der Waals surface area (Å²) in [5, 5.41) is 8.78. The molecule has 1 heterocycles. The number of anilines is 1. The average molecular weight is 262 g/mol. The third kappa shape index (κ3) is 3.05. The zero-order valence-electron chi connectivity index (χ0n) is 11.8. The van der Waals surface area contributed by atoms with Crippen LogP contribution in [0.3, 0.4) is 0 Å². The molecule has 0 bridgehead atoms. The van der Waals surface area contributed by atoms with Gasteiger partial charge in [-0.3, -0.25) is 0 Å². The van der Waals surface area contributed by atoms with E-state index in [1.165, 1.54) is 6.07 Å². The Labute approximate surface area is 113 Å². The van der Waals surface area contributed by atoms with Crippen molar-refractivity contribution in [2.45, 2.75) is 38.9 Å². The highest BCUT2D eigenvalue weighted by Crippen LogP contribution is 2.32. The van der Waals surface area contributed by atoms with Crippen molar-refractivity contribution in [2.75, 3.05) is 18.0 Å². The molecule has 0 aromatic heterocycles. The lowest BCUT2D eigenvalue weighted by molar-refractivity contribution is -0.133. The van der Waals surface area contributed by atoms with E-state index in [-0.39, 0.29) is 17.0 Å². The molecule has 0 atom stereocenters. The summed E-state index contributed by atoms with van der Waals surface area (Å²) in [4.78, 5) is 1.99. The van der Waals surface area contributed by atoms with Crippen molar-refractivity contribution in [1.82, 2.24) is 0 Å². The lowest BCUT2D eigenvalue weighted by atomic mass is 9.98. The SMILES string of the molecule is CC1(C)CN(c2ccc(C#N)cc2F)CC(C)(C)O1.